The van der Waals surface area contributed by atoms with Gasteiger partial charge in [0.1, 0.15) is 0 Å². The predicted octanol–water partition coefficient (Wildman–Crippen LogP) is 2.32. The summed E-state index contributed by atoms with van der Waals surface area (Å²) in [4.78, 5) is 11.0. The van der Waals surface area contributed by atoms with Gasteiger partial charge in [0.2, 0.25) is 5.91 Å². The lowest BCUT2D eigenvalue weighted by molar-refractivity contribution is -0.154. The van der Waals surface area contributed by atoms with Crippen molar-refractivity contribution in [2.45, 2.75) is 39.5 Å². The summed E-state index contributed by atoms with van der Waals surface area (Å²) >= 11 is 0. The van der Waals surface area contributed by atoms with Gasteiger partial charge >= 0.3 is 0 Å². The molecule has 0 aliphatic carbocycles. The molecule has 3 nitrogen and oxygen atoms in total. The summed E-state index contributed by atoms with van der Waals surface area (Å²) < 4.78 is 0. The highest BCUT2D eigenvalue weighted by Gasteiger charge is 2.05. The Kier molecular flexibility index (Phi) is 6.38. The first-order valence-electron chi connectivity index (χ1n) is 4.36. The summed E-state index contributed by atoms with van der Waals surface area (Å²) in [6.45, 7) is 3.83. The van der Waals surface area contributed by atoms with E-state index in [0.717, 1.165) is 19.3 Å². The highest BCUT2D eigenvalue weighted by molar-refractivity contribution is 5.75. The SMILES string of the molecule is CC=CN(O)C(=O)CCCCC. The number of carbonyl (C=O) groups excluding carboxylic acids is 1. The van der Waals surface area contributed by atoms with Gasteiger partial charge in [-0.15, -0.1) is 0 Å². The summed E-state index contributed by atoms with van der Waals surface area (Å²) in [6.07, 6.45) is 6.38. The van der Waals surface area contributed by atoms with Gasteiger partial charge in [0.15, 0.2) is 0 Å². The Morgan fingerprint density at radius 1 is 1.50 bits per heavy atom. The molecule has 12 heavy (non-hydrogen) atoms. The van der Waals surface area contributed by atoms with E-state index in [4.69, 9.17) is 5.21 Å². The second-order valence-corrected chi connectivity index (χ2v) is 2.68. The molecule has 0 unspecified atom stereocenters. The Bertz CT molecular complexity index is 155. The molecule has 0 radical (unpaired) electrons. The molecule has 70 valence electrons. The summed E-state index contributed by atoms with van der Waals surface area (Å²) in [5.74, 6) is -0.235. The van der Waals surface area contributed by atoms with Crippen LogP contribution < -0.4 is 0 Å². The molecule has 0 heterocycles. The fraction of sp³-hybridized carbons (Fsp3) is 0.667. The van der Waals surface area contributed by atoms with Crippen LogP contribution in [-0.2, 0) is 4.79 Å². The van der Waals surface area contributed by atoms with E-state index in [-0.39, 0.29) is 5.91 Å². The van der Waals surface area contributed by atoms with Crippen LogP contribution in [0.25, 0.3) is 0 Å². The second kappa shape index (κ2) is 6.85. The maximum absolute atomic E-state index is 11.0. The van der Waals surface area contributed by atoms with E-state index in [1.807, 2.05) is 0 Å². The molecule has 0 saturated carbocycles. The van der Waals surface area contributed by atoms with Crippen LogP contribution in [0.5, 0.6) is 0 Å². The molecule has 0 fully saturated rings. The Labute approximate surface area is 73.6 Å². The van der Waals surface area contributed by atoms with Crippen molar-refractivity contribution in [3.8, 4) is 0 Å². The molecule has 0 saturated heterocycles. The molecule has 0 aromatic heterocycles. The number of allylic oxidation sites excluding steroid dienone is 1. The number of unbranched alkanes of at least 4 members (excludes halogenated alkanes) is 2. The van der Waals surface area contributed by atoms with Crippen molar-refractivity contribution < 1.29 is 10.0 Å². The first-order chi connectivity index (χ1) is 5.72. The van der Waals surface area contributed by atoms with Crippen LogP contribution in [0, 0.1) is 0 Å². The van der Waals surface area contributed by atoms with Crippen molar-refractivity contribution in [2.75, 3.05) is 0 Å². The van der Waals surface area contributed by atoms with E-state index in [1.165, 1.54) is 6.20 Å². The van der Waals surface area contributed by atoms with Crippen molar-refractivity contribution in [1.82, 2.24) is 5.06 Å². The zero-order chi connectivity index (χ0) is 9.40. The molecule has 0 bridgehead atoms. The molecule has 0 aliphatic heterocycles. The van der Waals surface area contributed by atoms with Crippen LogP contribution in [-0.4, -0.2) is 16.2 Å². The van der Waals surface area contributed by atoms with Crippen LogP contribution in [0.3, 0.4) is 0 Å². The number of hydrogen-bond donors (Lipinski definition) is 1. The largest absolute Gasteiger partial charge is 0.281 e. The average molecular weight is 171 g/mol. The van der Waals surface area contributed by atoms with E-state index < -0.39 is 0 Å². The number of amides is 1. The minimum absolute atomic E-state index is 0.235. The standard InChI is InChI=1S/C9H17NO2/c1-3-5-6-7-9(11)10(12)8-4-2/h4,8,12H,3,5-7H2,1-2H3. The summed E-state index contributed by atoms with van der Waals surface area (Å²) in [5, 5.41) is 9.66. The smallest absolute Gasteiger partial charge is 0.250 e. The summed E-state index contributed by atoms with van der Waals surface area (Å²) in [7, 11) is 0. The molecule has 0 aliphatic rings. The highest BCUT2D eigenvalue weighted by Crippen LogP contribution is 2.01. The van der Waals surface area contributed by atoms with Crippen molar-refractivity contribution in [3.63, 3.8) is 0 Å². The number of rotatable bonds is 5. The first kappa shape index (κ1) is 11.2. The van der Waals surface area contributed by atoms with Crippen LogP contribution in [0.1, 0.15) is 39.5 Å². The predicted molar refractivity (Wildman–Crippen MR) is 47.6 cm³/mol. The second-order valence-electron chi connectivity index (χ2n) is 2.68. The summed E-state index contributed by atoms with van der Waals surface area (Å²) in [6, 6.07) is 0. The maximum Gasteiger partial charge on any atom is 0.250 e. The molecule has 1 N–H and O–H groups in total. The van der Waals surface area contributed by atoms with Crippen LogP contribution >= 0.6 is 0 Å². The molecule has 0 spiro atoms. The zero-order valence-electron chi connectivity index (χ0n) is 7.79. The number of hydrogen-bond acceptors (Lipinski definition) is 2. The fourth-order valence-electron chi connectivity index (χ4n) is 0.865. The molecule has 3 heteroatoms. The first-order valence-corrected chi connectivity index (χ1v) is 4.36. The Hall–Kier alpha value is -0.830. The van der Waals surface area contributed by atoms with E-state index >= 15 is 0 Å². The molecule has 0 aromatic carbocycles. The van der Waals surface area contributed by atoms with Gasteiger partial charge in [0.05, 0.1) is 0 Å². The van der Waals surface area contributed by atoms with Crippen LogP contribution in [0.15, 0.2) is 12.3 Å². The Balaban J connectivity index is 3.57. The Morgan fingerprint density at radius 2 is 2.17 bits per heavy atom. The fourth-order valence-corrected chi connectivity index (χ4v) is 0.865. The third kappa shape index (κ3) is 4.91. The van der Waals surface area contributed by atoms with E-state index in [9.17, 15) is 4.79 Å². The molecule has 0 atom stereocenters. The normalized spacial score (nSPS) is 10.6. The van der Waals surface area contributed by atoms with Gasteiger partial charge < -0.3 is 0 Å². The molecule has 0 rings (SSSR count). The van der Waals surface area contributed by atoms with Gasteiger partial charge in [-0.3, -0.25) is 10.0 Å². The van der Waals surface area contributed by atoms with Crippen molar-refractivity contribution in [3.05, 3.63) is 12.3 Å². The van der Waals surface area contributed by atoms with E-state index in [2.05, 4.69) is 6.92 Å². The monoisotopic (exact) mass is 171 g/mol. The van der Waals surface area contributed by atoms with Gasteiger partial charge in [-0.05, 0) is 13.3 Å². The minimum atomic E-state index is -0.235. The number of hydroxylamine groups is 2. The lowest BCUT2D eigenvalue weighted by Crippen LogP contribution is -2.20. The van der Waals surface area contributed by atoms with Crippen LogP contribution in [0.4, 0.5) is 0 Å². The number of nitrogens with zero attached hydrogens (tertiary/aromatic N) is 1. The highest BCUT2D eigenvalue weighted by atomic mass is 16.5. The molecular weight excluding hydrogens is 154 g/mol. The van der Waals surface area contributed by atoms with Gasteiger partial charge in [-0.1, -0.05) is 25.8 Å². The van der Waals surface area contributed by atoms with Gasteiger partial charge in [0.25, 0.3) is 0 Å². The topological polar surface area (TPSA) is 40.5 Å². The van der Waals surface area contributed by atoms with Gasteiger partial charge in [0, 0.05) is 12.6 Å². The number of carbonyl (C=O) groups is 1. The third-order valence-electron chi connectivity index (χ3n) is 1.54. The average Bonchev–Trinajstić information content (AvgIpc) is 2.05. The third-order valence-corrected chi connectivity index (χ3v) is 1.54. The van der Waals surface area contributed by atoms with Crippen molar-refractivity contribution in [1.29, 1.82) is 0 Å². The van der Waals surface area contributed by atoms with E-state index in [0.29, 0.717) is 11.5 Å². The molecule has 0 aromatic rings. The maximum atomic E-state index is 11.0. The van der Waals surface area contributed by atoms with Gasteiger partial charge in [-0.25, -0.2) is 0 Å². The molecular formula is C9H17NO2. The van der Waals surface area contributed by atoms with Crippen molar-refractivity contribution >= 4 is 5.91 Å². The quantitative estimate of drug-likeness (QED) is 0.392. The van der Waals surface area contributed by atoms with E-state index in [1.54, 1.807) is 13.0 Å². The zero-order valence-corrected chi connectivity index (χ0v) is 7.79. The summed E-state index contributed by atoms with van der Waals surface area (Å²) in [5.41, 5.74) is 0. The lowest BCUT2D eigenvalue weighted by atomic mass is 10.2. The van der Waals surface area contributed by atoms with Gasteiger partial charge in [-0.2, -0.15) is 5.06 Å². The molecule has 1 amide bonds. The lowest BCUT2D eigenvalue weighted by Gasteiger charge is -2.08. The van der Waals surface area contributed by atoms with Crippen LogP contribution in [0.2, 0.25) is 0 Å². The minimum Gasteiger partial charge on any atom is -0.281 e. The van der Waals surface area contributed by atoms with Crippen molar-refractivity contribution in [2.24, 2.45) is 0 Å². The Morgan fingerprint density at radius 3 is 2.67 bits per heavy atom.